The molecule has 0 saturated carbocycles. The van der Waals surface area contributed by atoms with E-state index in [-0.39, 0.29) is 0 Å². The van der Waals surface area contributed by atoms with Crippen molar-refractivity contribution in [2.24, 2.45) is 21.1 Å². The minimum Gasteiger partial charge on any atom is -0.437 e. The third-order valence-electron chi connectivity index (χ3n) is 16.6. The Morgan fingerprint density at radius 1 is 0.349 bits per heavy atom. The number of benzene rings is 6. The van der Waals surface area contributed by atoms with Crippen molar-refractivity contribution in [1.82, 2.24) is 15.0 Å². The van der Waals surface area contributed by atoms with E-state index < -0.39 is 6.85 Å². The number of hydrogen-bond donors (Lipinski definition) is 0. The number of nitrogens with zero attached hydrogens (tertiary/aromatic N) is 6. The zero-order valence-electron chi connectivity index (χ0n) is 53.0. The lowest BCUT2D eigenvalue weighted by Gasteiger charge is -2.11. The van der Waals surface area contributed by atoms with Crippen LogP contribution in [-0.2, 0) is 21.1 Å². The Morgan fingerprint density at radius 3 is 1.33 bits per heavy atom. The molecule has 0 saturated heterocycles. The fraction of sp³-hybridized carbons (Fsp3) is 0.143. The van der Waals surface area contributed by atoms with E-state index in [9.17, 15) is 0 Å². The van der Waals surface area contributed by atoms with Crippen molar-refractivity contribution < 1.29 is 31.1 Å². The van der Waals surface area contributed by atoms with E-state index in [0.717, 1.165) is 106 Å². The highest BCUT2D eigenvalue weighted by molar-refractivity contribution is 6.12. The Hall–Kier alpha value is -10.4. The number of fused-ring (bicyclic) bond motifs is 9. The molecule has 0 aliphatic heterocycles. The summed E-state index contributed by atoms with van der Waals surface area (Å²) in [5, 5.41) is 5.67. The minimum atomic E-state index is -2.26. The zero-order chi connectivity index (χ0) is 62.0. The van der Waals surface area contributed by atoms with E-state index in [1.807, 2.05) is 70.3 Å². The molecule has 0 radical (unpaired) electrons. The summed E-state index contributed by atoms with van der Waals surface area (Å²) in [6.45, 7) is 12.2. The Labute approximate surface area is 505 Å². The largest absolute Gasteiger partial charge is 0.437 e. The van der Waals surface area contributed by atoms with Gasteiger partial charge in [0, 0.05) is 88.9 Å². The minimum absolute atomic E-state index is 0.292. The van der Waals surface area contributed by atoms with Gasteiger partial charge in [-0.25, -0.2) is 28.7 Å². The molecule has 6 aromatic carbocycles. The van der Waals surface area contributed by atoms with Gasteiger partial charge in [-0.1, -0.05) is 121 Å². The molecule has 0 N–H and O–H groups in total. The first-order valence-electron chi connectivity index (χ1n) is 30.5. The highest BCUT2D eigenvalue weighted by Gasteiger charge is 2.27. The molecule has 0 spiro atoms. The molecule has 9 heteroatoms. The first-order chi connectivity index (χ1) is 42.9. The Balaban J connectivity index is 0.000000123. The molecule has 9 aromatic heterocycles. The highest BCUT2D eigenvalue weighted by atomic mass is 16.3. The molecule has 0 aliphatic carbocycles. The first kappa shape index (κ1) is 51.3. The van der Waals surface area contributed by atoms with Gasteiger partial charge in [-0.05, 0) is 148 Å². The lowest BCUT2D eigenvalue weighted by atomic mass is 9.95. The van der Waals surface area contributed by atoms with Crippen molar-refractivity contribution in [2.75, 3.05) is 0 Å². The zero-order valence-corrected chi connectivity index (χ0v) is 50.0. The van der Waals surface area contributed by atoms with Gasteiger partial charge in [-0.3, -0.25) is 0 Å². The topological polar surface area (TPSA) is 89.7 Å². The van der Waals surface area contributed by atoms with Gasteiger partial charge in [0.25, 0.3) is 0 Å². The fourth-order valence-electron chi connectivity index (χ4n) is 12.2. The van der Waals surface area contributed by atoms with Crippen LogP contribution in [0.25, 0.3) is 133 Å². The van der Waals surface area contributed by atoms with Crippen molar-refractivity contribution >= 4 is 66.2 Å². The second-order valence-electron chi connectivity index (χ2n) is 22.6. The van der Waals surface area contributed by atoms with Crippen LogP contribution >= 0.6 is 0 Å². The Morgan fingerprint density at radius 2 is 0.814 bits per heavy atom. The molecule has 15 rings (SSSR count). The molecule has 0 fully saturated rings. The molecule has 9 nitrogen and oxygen atoms in total. The third kappa shape index (κ3) is 9.94. The summed E-state index contributed by atoms with van der Waals surface area (Å²) in [7, 11) is 6.20. The number of hydrogen-bond acceptors (Lipinski definition) is 6. The highest BCUT2D eigenvalue weighted by Crippen LogP contribution is 2.41. The Bertz CT molecular complexity index is 5240. The van der Waals surface area contributed by atoms with Gasteiger partial charge in [0.1, 0.15) is 21.1 Å². The van der Waals surface area contributed by atoms with Gasteiger partial charge in [0.15, 0.2) is 35.3 Å². The third-order valence-corrected chi connectivity index (χ3v) is 16.6. The van der Waals surface area contributed by atoms with Crippen molar-refractivity contribution in [1.29, 1.82) is 0 Å². The second kappa shape index (κ2) is 22.3. The van der Waals surface area contributed by atoms with Crippen LogP contribution in [-0.4, -0.2) is 15.0 Å². The average molecular weight is 1130 g/mol. The van der Waals surface area contributed by atoms with Gasteiger partial charge < -0.3 is 13.3 Å². The van der Waals surface area contributed by atoms with E-state index in [1.54, 1.807) is 18.3 Å². The summed E-state index contributed by atoms with van der Waals surface area (Å²) in [5.74, 6) is 0. The van der Waals surface area contributed by atoms with Gasteiger partial charge in [0.05, 0.1) is 16.7 Å². The van der Waals surface area contributed by atoms with Crippen LogP contribution in [0, 0.1) is 55.3 Å². The molecule has 0 aliphatic rings. The van der Waals surface area contributed by atoms with Crippen LogP contribution in [0.5, 0.6) is 0 Å². The molecule has 15 aromatic rings. The summed E-state index contributed by atoms with van der Waals surface area (Å²) >= 11 is 0. The molecule has 0 bridgehead atoms. The summed E-state index contributed by atoms with van der Waals surface area (Å²) in [6, 6.07) is 62.3. The van der Waals surface area contributed by atoms with Crippen LogP contribution < -0.4 is 13.7 Å². The van der Waals surface area contributed by atoms with E-state index in [4.69, 9.17) is 17.4 Å². The van der Waals surface area contributed by atoms with Crippen LogP contribution in [0.1, 0.15) is 48.9 Å². The van der Waals surface area contributed by atoms with Crippen LogP contribution in [0.4, 0.5) is 0 Å². The van der Waals surface area contributed by atoms with Gasteiger partial charge in [-0.2, -0.15) is 0 Å². The summed E-state index contributed by atoms with van der Waals surface area (Å²) in [4.78, 5) is 13.5. The maximum atomic E-state index is 8.11. The lowest BCUT2D eigenvalue weighted by Crippen LogP contribution is -2.31. The number of aromatic nitrogens is 6. The van der Waals surface area contributed by atoms with E-state index in [0.29, 0.717) is 33.7 Å². The number of aryl methyl sites for hydroxylation is 11. The maximum absolute atomic E-state index is 8.11. The lowest BCUT2D eigenvalue weighted by molar-refractivity contribution is -0.660. The predicted octanol–water partition coefficient (Wildman–Crippen LogP) is 17.9. The SMILES string of the molecule is Cc1ccc2c(n1)oc1c(-c3cc(C)c(-c4ccccc4)c[n+]3C)c(C)ccc12.Cc1ccc2c(n1)oc1c(-c3ccc(-c4ccccc4)c[n+]3C)c(C)ccc12.[2H]C([2H])([2H])c1cc(C)c(-c2cc(C)c(-c3ccccc3)c[n+]2C)c2oc3ncccc3c12. The molecule has 420 valence electrons. The number of pyridine rings is 6. The van der Waals surface area contributed by atoms with E-state index in [1.165, 1.54) is 38.9 Å². The van der Waals surface area contributed by atoms with Crippen LogP contribution in [0.2, 0.25) is 0 Å². The van der Waals surface area contributed by atoms with Crippen LogP contribution in [0.15, 0.2) is 220 Å². The van der Waals surface area contributed by atoms with Gasteiger partial charge in [0.2, 0.25) is 34.2 Å². The maximum Gasteiger partial charge on any atom is 0.227 e. The van der Waals surface area contributed by atoms with Gasteiger partial charge in [-0.15, -0.1) is 0 Å². The van der Waals surface area contributed by atoms with E-state index in [2.05, 4.69) is 216 Å². The Kier molecular flexibility index (Phi) is 13.3. The predicted molar refractivity (Wildman–Crippen MR) is 349 cm³/mol. The standard InChI is InChI=1S/2C26H23N2O.C25H21N2O/c1-16-14-22(28(4)15-21(16)19-9-6-5-7-10-19)24-18(3)13-17(2)23-20-11-8-12-27-26(20)29-25(23)24;1-16-10-12-20-21-13-11-18(3)27-26(21)29-25(20)24(16)23-14-17(2)22(15-28(23)4)19-8-6-5-7-9-19;1-16-9-12-20-21-13-10-17(2)26-25(21)28-24(20)23(16)22-14-11-19(15-27(22)3)18-7-5-4-6-8-18/h2*5-15H,1-4H3;4-15H,1-3H3/q3*+1/i2D3;;. The summed E-state index contributed by atoms with van der Waals surface area (Å²) in [5.41, 5.74) is 25.6. The second-order valence-corrected chi connectivity index (χ2v) is 22.6. The smallest absolute Gasteiger partial charge is 0.227 e. The van der Waals surface area contributed by atoms with Crippen molar-refractivity contribution in [3.05, 3.63) is 252 Å². The fourth-order valence-corrected chi connectivity index (χ4v) is 12.2. The molecule has 0 atom stereocenters. The van der Waals surface area contributed by atoms with Crippen molar-refractivity contribution in [2.45, 2.75) is 55.3 Å². The van der Waals surface area contributed by atoms with Gasteiger partial charge >= 0.3 is 0 Å². The number of rotatable bonds is 6. The van der Waals surface area contributed by atoms with Crippen molar-refractivity contribution in [3.63, 3.8) is 0 Å². The van der Waals surface area contributed by atoms with Crippen LogP contribution in [0.3, 0.4) is 0 Å². The molecule has 86 heavy (non-hydrogen) atoms. The monoisotopic (exact) mass is 1130 g/mol. The summed E-state index contributed by atoms with van der Waals surface area (Å²) < 4.78 is 49.5. The summed E-state index contributed by atoms with van der Waals surface area (Å²) in [6.07, 6.45) is 8.16. The van der Waals surface area contributed by atoms with E-state index >= 15 is 0 Å². The molecule has 0 unspecified atom stereocenters. The number of furan rings is 3. The molecule has 9 heterocycles. The van der Waals surface area contributed by atoms with Crippen molar-refractivity contribution in [3.8, 4) is 67.2 Å². The quantitative estimate of drug-likeness (QED) is 0.154. The average Bonchev–Trinajstić information content (AvgIpc) is 1.78. The molecular formula is C77H67N6O3+3. The molecular weight excluding hydrogens is 1060 g/mol. The normalized spacial score (nSPS) is 12.1. The first-order valence-corrected chi connectivity index (χ1v) is 29.0. The molecule has 0 amide bonds.